The Hall–Kier alpha value is -4.64. The molecule has 8 nitrogen and oxygen atoms in total. The van der Waals surface area contributed by atoms with Gasteiger partial charge in [-0.25, -0.2) is 9.97 Å². The second-order valence-electron chi connectivity index (χ2n) is 9.49. The Morgan fingerprint density at radius 1 is 1.18 bits per heavy atom. The third-order valence-corrected chi connectivity index (χ3v) is 6.68. The SMILES string of the molecule is C=C(/C=C\C=C/C)NC(=O)c1ccc(-c2nc([C@@H]3CCCN3C(=O)C#CC3CC3)n3ccnc(N)c23)cc1. The number of nitrogens with two attached hydrogens (primary N) is 1. The molecule has 1 aromatic carbocycles. The van der Waals surface area contributed by atoms with E-state index < -0.39 is 0 Å². The second kappa shape index (κ2) is 10.8. The van der Waals surface area contributed by atoms with Gasteiger partial charge >= 0.3 is 0 Å². The lowest BCUT2D eigenvalue weighted by Gasteiger charge is -2.21. The van der Waals surface area contributed by atoms with E-state index in [1.807, 2.05) is 52.8 Å². The van der Waals surface area contributed by atoms with Gasteiger partial charge in [-0.2, -0.15) is 0 Å². The van der Waals surface area contributed by atoms with Gasteiger partial charge in [-0.1, -0.05) is 42.9 Å². The van der Waals surface area contributed by atoms with E-state index in [0.29, 0.717) is 40.8 Å². The lowest BCUT2D eigenvalue weighted by Crippen LogP contribution is -2.30. The molecule has 5 rings (SSSR count). The largest absolute Gasteiger partial charge is 0.382 e. The summed E-state index contributed by atoms with van der Waals surface area (Å²) in [5.74, 6) is 6.95. The van der Waals surface area contributed by atoms with E-state index in [2.05, 4.69) is 28.7 Å². The molecule has 0 radical (unpaired) electrons. The summed E-state index contributed by atoms with van der Waals surface area (Å²) in [6.45, 7) is 6.42. The number of nitrogens with zero attached hydrogens (tertiary/aromatic N) is 4. The van der Waals surface area contributed by atoms with Crippen molar-refractivity contribution in [3.8, 4) is 23.1 Å². The molecule has 2 amide bonds. The van der Waals surface area contributed by atoms with Crippen LogP contribution in [0.2, 0.25) is 0 Å². The fraction of sp³-hybridized carbons (Fsp3) is 0.267. The van der Waals surface area contributed by atoms with E-state index in [0.717, 1.165) is 37.1 Å². The maximum Gasteiger partial charge on any atom is 0.299 e. The van der Waals surface area contributed by atoms with Crippen molar-refractivity contribution in [2.45, 2.75) is 38.6 Å². The fourth-order valence-electron chi connectivity index (χ4n) is 4.59. The minimum absolute atomic E-state index is 0.155. The van der Waals surface area contributed by atoms with Crippen LogP contribution < -0.4 is 11.1 Å². The number of carbonyl (C=O) groups is 2. The second-order valence-corrected chi connectivity index (χ2v) is 9.49. The molecule has 2 aliphatic rings. The van der Waals surface area contributed by atoms with Gasteiger partial charge in [-0.3, -0.25) is 14.0 Å². The van der Waals surface area contributed by atoms with Crippen molar-refractivity contribution in [2.75, 3.05) is 12.3 Å². The van der Waals surface area contributed by atoms with Gasteiger partial charge in [-0.05, 0) is 56.7 Å². The van der Waals surface area contributed by atoms with Crippen molar-refractivity contribution in [2.24, 2.45) is 5.92 Å². The number of anilines is 1. The van der Waals surface area contributed by atoms with Crippen molar-refractivity contribution < 1.29 is 9.59 Å². The highest BCUT2D eigenvalue weighted by molar-refractivity contribution is 5.96. The van der Waals surface area contributed by atoms with Crippen LogP contribution in [0.4, 0.5) is 5.82 Å². The number of nitrogen functional groups attached to an aromatic ring is 1. The van der Waals surface area contributed by atoms with Gasteiger partial charge in [0.1, 0.15) is 22.9 Å². The Kier molecular flexibility index (Phi) is 7.09. The van der Waals surface area contributed by atoms with Gasteiger partial charge in [0.2, 0.25) is 0 Å². The number of hydrogen-bond acceptors (Lipinski definition) is 5. The average Bonchev–Trinajstić information content (AvgIpc) is 3.47. The molecule has 0 unspecified atom stereocenters. The molecule has 1 aliphatic carbocycles. The van der Waals surface area contributed by atoms with Gasteiger partial charge in [0.05, 0.1) is 6.04 Å². The predicted molar refractivity (Wildman–Crippen MR) is 148 cm³/mol. The number of benzene rings is 1. The van der Waals surface area contributed by atoms with Crippen molar-refractivity contribution in [3.05, 3.63) is 84.6 Å². The highest BCUT2D eigenvalue weighted by atomic mass is 16.2. The van der Waals surface area contributed by atoms with Crippen molar-refractivity contribution >= 4 is 23.1 Å². The summed E-state index contributed by atoms with van der Waals surface area (Å²) in [7, 11) is 0. The molecule has 1 atom stereocenters. The van der Waals surface area contributed by atoms with Gasteiger partial charge < -0.3 is 16.0 Å². The zero-order valence-electron chi connectivity index (χ0n) is 21.4. The summed E-state index contributed by atoms with van der Waals surface area (Å²) >= 11 is 0. The maximum atomic E-state index is 12.9. The third kappa shape index (κ3) is 5.23. The number of aromatic nitrogens is 3. The molecule has 38 heavy (non-hydrogen) atoms. The number of fused-ring (bicyclic) bond motifs is 1. The van der Waals surface area contributed by atoms with Crippen LogP contribution in [0.5, 0.6) is 0 Å². The van der Waals surface area contributed by atoms with Crippen LogP contribution in [-0.2, 0) is 4.79 Å². The Bertz CT molecular complexity index is 1520. The first-order chi connectivity index (χ1) is 18.5. The van der Waals surface area contributed by atoms with E-state index in [-0.39, 0.29) is 17.9 Å². The number of carbonyl (C=O) groups excluding carboxylic acids is 2. The van der Waals surface area contributed by atoms with E-state index >= 15 is 0 Å². The van der Waals surface area contributed by atoms with Crippen molar-refractivity contribution in [1.82, 2.24) is 24.6 Å². The van der Waals surface area contributed by atoms with E-state index in [4.69, 9.17) is 10.7 Å². The monoisotopic (exact) mass is 506 g/mol. The number of amides is 2. The standard InChI is InChI=1S/C30H30N6O2/c1-3-4-5-7-20(2)33-30(38)23-14-12-22(13-15-23)26-27-28(31)32-17-19-36(27)29(34-26)24-8-6-18-35(24)25(37)16-11-21-9-10-21/h3-5,7,12-15,17,19,21,24H,2,6,8-10,18H2,1H3,(H2,31,32)(H,33,38)/b4-3-,7-5-/t24-/m0/s1. The molecule has 1 aliphatic heterocycles. The van der Waals surface area contributed by atoms with Crippen LogP contribution in [0.25, 0.3) is 16.8 Å². The summed E-state index contributed by atoms with van der Waals surface area (Å²) in [4.78, 5) is 36.7. The summed E-state index contributed by atoms with van der Waals surface area (Å²) < 4.78 is 1.92. The highest BCUT2D eigenvalue weighted by Crippen LogP contribution is 2.36. The molecule has 3 heterocycles. The van der Waals surface area contributed by atoms with Gasteiger partial charge in [0.15, 0.2) is 0 Å². The Morgan fingerprint density at radius 2 is 1.97 bits per heavy atom. The van der Waals surface area contributed by atoms with Crippen LogP contribution in [0.15, 0.2) is 73.2 Å². The molecule has 3 aromatic rings. The molecule has 0 bridgehead atoms. The summed E-state index contributed by atoms with van der Waals surface area (Å²) in [5.41, 5.74) is 9.42. The third-order valence-electron chi connectivity index (χ3n) is 6.68. The normalized spacial score (nSPS) is 17.2. The molecule has 192 valence electrons. The maximum absolute atomic E-state index is 12.9. The number of imidazole rings is 1. The van der Waals surface area contributed by atoms with Gasteiger partial charge in [0.25, 0.3) is 11.8 Å². The molecule has 0 spiro atoms. The van der Waals surface area contributed by atoms with Crippen LogP contribution in [0, 0.1) is 17.8 Å². The molecular formula is C30H30N6O2. The van der Waals surface area contributed by atoms with E-state index in [9.17, 15) is 9.59 Å². The first-order valence-electron chi connectivity index (χ1n) is 12.8. The number of likely N-dealkylation sites (tertiary alicyclic amines) is 1. The first kappa shape index (κ1) is 25.0. The summed E-state index contributed by atoms with van der Waals surface area (Å²) in [6.07, 6.45) is 14.6. The zero-order chi connectivity index (χ0) is 26.6. The molecule has 3 N–H and O–H groups in total. The number of hydrogen-bond donors (Lipinski definition) is 2. The lowest BCUT2D eigenvalue weighted by molar-refractivity contribution is -0.126. The molecule has 8 heteroatoms. The quantitative estimate of drug-likeness (QED) is 0.380. The highest BCUT2D eigenvalue weighted by Gasteiger charge is 2.34. The topological polar surface area (TPSA) is 106 Å². The van der Waals surface area contributed by atoms with Gasteiger partial charge in [0, 0.05) is 41.7 Å². The van der Waals surface area contributed by atoms with Crippen molar-refractivity contribution in [1.29, 1.82) is 0 Å². The lowest BCUT2D eigenvalue weighted by atomic mass is 10.1. The van der Waals surface area contributed by atoms with Crippen LogP contribution in [0.3, 0.4) is 0 Å². The first-order valence-corrected chi connectivity index (χ1v) is 12.8. The smallest absolute Gasteiger partial charge is 0.299 e. The Labute approximate surface area is 222 Å². The Morgan fingerprint density at radius 3 is 2.71 bits per heavy atom. The van der Waals surface area contributed by atoms with Crippen molar-refractivity contribution in [3.63, 3.8) is 0 Å². The molecule has 2 aromatic heterocycles. The summed E-state index contributed by atoms with van der Waals surface area (Å²) in [6, 6.07) is 6.95. The zero-order valence-corrected chi connectivity index (χ0v) is 21.4. The fourth-order valence-corrected chi connectivity index (χ4v) is 4.59. The van der Waals surface area contributed by atoms with Gasteiger partial charge in [-0.15, -0.1) is 0 Å². The summed E-state index contributed by atoms with van der Waals surface area (Å²) in [5, 5.41) is 2.78. The average molecular weight is 507 g/mol. The van der Waals surface area contributed by atoms with E-state index in [1.165, 1.54) is 0 Å². The molecule has 2 fully saturated rings. The van der Waals surface area contributed by atoms with Crippen LogP contribution in [0.1, 0.15) is 54.8 Å². The molecular weight excluding hydrogens is 476 g/mol. The van der Waals surface area contributed by atoms with Crippen LogP contribution >= 0.6 is 0 Å². The van der Waals surface area contributed by atoms with Crippen LogP contribution in [-0.4, -0.2) is 37.6 Å². The Balaban J connectivity index is 1.43. The minimum atomic E-state index is -0.254. The van der Waals surface area contributed by atoms with E-state index in [1.54, 1.807) is 24.4 Å². The number of rotatable bonds is 6. The number of allylic oxidation sites excluding steroid dienone is 4. The predicted octanol–water partition coefficient (Wildman–Crippen LogP) is 4.43. The minimum Gasteiger partial charge on any atom is -0.382 e. The molecule has 1 saturated carbocycles. The molecule has 1 saturated heterocycles. The number of nitrogens with one attached hydrogen (secondary N) is 1.